The molecule has 0 spiro atoms. The van der Waals surface area contributed by atoms with Crippen LogP contribution in [0.5, 0.6) is 0 Å². The van der Waals surface area contributed by atoms with Gasteiger partial charge < -0.3 is 10.8 Å². The van der Waals surface area contributed by atoms with Gasteiger partial charge in [0.1, 0.15) is 0 Å². The van der Waals surface area contributed by atoms with Crippen LogP contribution in [0.4, 0.5) is 0 Å². The van der Waals surface area contributed by atoms with Crippen LogP contribution in [0.25, 0.3) is 0 Å². The normalized spacial score (nSPS) is 20.6. The Morgan fingerprint density at radius 1 is 1.39 bits per heavy atom. The van der Waals surface area contributed by atoms with Crippen molar-refractivity contribution in [2.24, 2.45) is 11.1 Å². The zero-order valence-electron chi connectivity index (χ0n) is 11.3. The highest BCUT2D eigenvalue weighted by Crippen LogP contribution is 2.18. The third-order valence-corrected chi connectivity index (χ3v) is 3.91. The van der Waals surface area contributed by atoms with Crippen molar-refractivity contribution in [3.8, 4) is 0 Å². The maximum Gasteiger partial charge on any atom is 0.310 e. The highest BCUT2D eigenvalue weighted by atomic mass is 32.1. The molecule has 1 heterocycles. The van der Waals surface area contributed by atoms with Gasteiger partial charge in [-0.1, -0.05) is 12.2 Å². The minimum atomic E-state index is -0.749. The number of hydrogen-bond acceptors (Lipinski definition) is 4. The van der Waals surface area contributed by atoms with E-state index in [1.54, 1.807) is 13.8 Å². The smallest absolute Gasteiger partial charge is 0.310 e. The Labute approximate surface area is 114 Å². The van der Waals surface area contributed by atoms with Gasteiger partial charge in [-0.25, -0.2) is 0 Å². The molecule has 0 aromatic carbocycles. The summed E-state index contributed by atoms with van der Waals surface area (Å²) < 4.78 is 0. The van der Waals surface area contributed by atoms with Crippen LogP contribution in [0.1, 0.15) is 20.8 Å². The topological polar surface area (TPSA) is 69.8 Å². The Balaban J connectivity index is 2.45. The first-order valence-corrected chi connectivity index (χ1v) is 6.64. The first-order valence-electron chi connectivity index (χ1n) is 6.23. The van der Waals surface area contributed by atoms with Crippen molar-refractivity contribution in [3.05, 3.63) is 0 Å². The molecule has 0 radical (unpaired) electrons. The largest absolute Gasteiger partial charge is 0.481 e. The summed E-state index contributed by atoms with van der Waals surface area (Å²) in [6, 6.07) is 0.120. The average Bonchev–Trinajstić information content (AvgIpc) is 2.28. The quantitative estimate of drug-likeness (QED) is 0.706. The highest BCUT2D eigenvalue weighted by Gasteiger charge is 2.31. The van der Waals surface area contributed by atoms with Gasteiger partial charge in [-0.05, 0) is 20.8 Å². The van der Waals surface area contributed by atoms with Gasteiger partial charge in [0.25, 0.3) is 0 Å². The second-order valence-electron chi connectivity index (χ2n) is 5.58. The molecule has 1 aliphatic heterocycles. The number of carboxylic acid groups (broad SMARTS) is 1. The van der Waals surface area contributed by atoms with Crippen molar-refractivity contribution >= 4 is 23.2 Å². The van der Waals surface area contributed by atoms with Crippen LogP contribution < -0.4 is 5.73 Å². The van der Waals surface area contributed by atoms with E-state index < -0.39 is 11.4 Å². The number of thiocarbonyl (C=S) groups is 1. The lowest BCUT2D eigenvalue weighted by Crippen LogP contribution is -2.54. The summed E-state index contributed by atoms with van der Waals surface area (Å²) in [5, 5.41) is 9.11. The number of piperazine rings is 1. The molecule has 0 amide bonds. The van der Waals surface area contributed by atoms with E-state index in [1.807, 2.05) is 6.92 Å². The minimum Gasteiger partial charge on any atom is -0.481 e. The van der Waals surface area contributed by atoms with Crippen molar-refractivity contribution < 1.29 is 9.90 Å². The molecule has 0 saturated carbocycles. The molecule has 3 N–H and O–H groups in total. The van der Waals surface area contributed by atoms with Crippen LogP contribution >= 0.6 is 12.2 Å². The van der Waals surface area contributed by atoms with Crippen LogP contribution in [0, 0.1) is 5.41 Å². The zero-order valence-corrected chi connectivity index (χ0v) is 12.2. The molecule has 1 aliphatic rings. The fourth-order valence-corrected chi connectivity index (χ4v) is 2.26. The van der Waals surface area contributed by atoms with Gasteiger partial charge in [-0.3, -0.25) is 14.6 Å². The average molecular weight is 273 g/mol. The highest BCUT2D eigenvalue weighted by molar-refractivity contribution is 7.80. The molecule has 0 aromatic heterocycles. The van der Waals surface area contributed by atoms with Crippen molar-refractivity contribution in [2.75, 3.05) is 32.7 Å². The van der Waals surface area contributed by atoms with Crippen LogP contribution in [0.15, 0.2) is 0 Å². The Morgan fingerprint density at radius 2 is 1.89 bits per heavy atom. The maximum atomic E-state index is 11.1. The van der Waals surface area contributed by atoms with Crippen molar-refractivity contribution in [1.29, 1.82) is 0 Å². The molecule has 0 aliphatic carbocycles. The van der Waals surface area contributed by atoms with Crippen LogP contribution in [0.2, 0.25) is 0 Å². The molecular weight excluding hydrogens is 250 g/mol. The van der Waals surface area contributed by atoms with Gasteiger partial charge >= 0.3 is 5.97 Å². The van der Waals surface area contributed by atoms with E-state index in [-0.39, 0.29) is 6.04 Å². The Hall–Kier alpha value is -0.720. The molecule has 18 heavy (non-hydrogen) atoms. The van der Waals surface area contributed by atoms with E-state index >= 15 is 0 Å². The summed E-state index contributed by atoms with van der Waals surface area (Å²) >= 11 is 5.00. The van der Waals surface area contributed by atoms with Gasteiger partial charge in [0.15, 0.2) is 0 Å². The second-order valence-corrected chi connectivity index (χ2v) is 6.05. The first kappa shape index (κ1) is 15.3. The molecule has 0 bridgehead atoms. The second kappa shape index (κ2) is 5.95. The Bertz CT molecular complexity index is 325. The number of aliphatic carboxylic acids is 1. The first-order chi connectivity index (χ1) is 8.24. The van der Waals surface area contributed by atoms with Crippen molar-refractivity contribution in [2.45, 2.75) is 26.8 Å². The maximum absolute atomic E-state index is 11.1. The third kappa shape index (κ3) is 3.90. The number of hydrogen-bond donors (Lipinski definition) is 2. The lowest BCUT2D eigenvalue weighted by molar-refractivity contribution is -0.148. The fraction of sp³-hybridized carbons (Fsp3) is 0.833. The third-order valence-electron chi connectivity index (χ3n) is 3.56. The number of carbonyl (C=O) groups is 1. The SMILES string of the molecule is CC(C(N)=S)N1CCN(CC(C)(C)C(=O)O)CC1. The lowest BCUT2D eigenvalue weighted by atomic mass is 9.93. The molecule has 1 rings (SSSR count). The molecule has 1 saturated heterocycles. The number of nitrogens with zero attached hydrogens (tertiary/aromatic N) is 2. The summed E-state index contributed by atoms with van der Waals surface area (Å²) in [6.45, 7) is 9.62. The molecule has 104 valence electrons. The molecule has 6 heteroatoms. The molecule has 1 atom stereocenters. The lowest BCUT2D eigenvalue weighted by Gasteiger charge is -2.39. The van der Waals surface area contributed by atoms with Gasteiger partial charge in [0.2, 0.25) is 0 Å². The number of carboxylic acids is 1. The van der Waals surface area contributed by atoms with Crippen molar-refractivity contribution in [1.82, 2.24) is 9.80 Å². The van der Waals surface area contributed by atoms with E-state index in [2.05, 4.69) is 9.80 Å². The van der Waals surface area contributed by atoms with Gasteiger partial charge in [-0.15, -0.1) is 0 Å². The standard InChI is InChI=1S/C12H23N3O2S/c1-9(10(13)18)15-6-4-14(5-7-15)8-12(2,3)11(16)17/h9H,4-8H2,1-3H3,(H2,13,18)(H,16,17). The minimum absolute atomic E-state index is 0.120. The predicted molar refractivity (Wildman–Crippen MR) is 75.7 cm³/mol. The van der Waals surface area contributed by atoms with E-state index in [1.165, 1.54) is 0 Å². The summed E-state index contributed by atoms with van der Waals surface area (Å²) in [5.74, 6) is -0.749. The van der Waals surface area contributed by atoms with Gasteiger partial charge in [0, 0.05) is 32.7 Å². The summed E-state index contributed by atoms with van der Waals surface area (Å²) in [5.41, 5.74) is 4.94. The summed E-state index contributed by atoms with van der Waals surface area (Å²) in [7, 11) is 0. The Morgan fingerprint density at radius 3 is 2.28 bits per heavy atom. The van der Waals surface area contributed by atoms with E-state index in [0.29, 0.717) is 11.5 Å². The van der Waals surface area contributed by atoms with Crippen LogP contribution in [-0.2, 0) is 4.79 Å². The zero-order chi connectivity index (χ0) is 13.9. The fourth-order valence-electron chi connectivity index (χ4n) is 2.12. The van der Waals surface area contributed by atoms with Gasteiger partial charge in [0.05, 0.1) is 16.4 Å². The Kier molecular flexibility index (Phi) is 5.07. The molecular formula is C12H23N3O2S. The molecule has 0 aromatic rings. The molecule has 1 unspecified atom stereocenters. The van der Waals surface area contributed by atoms with Crippen LogP contribution in [0.3, 0.4) is 0 Å². The van der Waals surface area contributed by atoms with Crippen molar-refractivity contribution in [3.63, 3.8) is 0 Å². The summed E-state index contributed by atoms with van der Waals surface area (Å²) in [6.07, 6.45) is 0. The molecule has 1 fully saturated rings. The molecule has 5 nitrogen and oxygen atoms in total. The summed E-state index contributed by atoms with van der Waals surface area (Å²) in [4.78, 5) is 16.0. The van der Waals surface area contributed by atoms with Gasteiger partial charge in [-0.2, -0.15) is 0 Å². The predicted octanol–water partition coefficient (Wildman–Crippen LogP) is 0.389. The van der Waals surface area contributed by atoms with E-state index in [9.17, 15) is 4.79 Å². The number of nitrogens with two attached hydrogens (primary N) is 1. The monoisotopic (exact) mass is 273 g/mol. The number of rotatable bonds is 5. The van der Waals surface area contributed by atoms with E-state index in [4.69, 9.17) is 23.1 Å². The van der Waals surface area contributed by atoms with E-state index in [0.717, 1.165) is 26.2 Å². The van der Waals surface area contributed by atoms with Crippen LogP contribution in [-0.4, -0.2) is 64.6 Å².